The first kappa shape index (κ1) is 8.11. The van der Waals surface area contributed by atoms with Crippen LogP contribution in [0.3, 0.4) is 0 Å². The van der Waals surface area contributed by atoms with Crippen LogP contribution in [0.5, 0.6) is 0 Å². The van der Waals surface area contributed by atoms with Gasteiger partial charge in [-0.2, -0.15) is 0 Å². The van der Waals surface area contributed by atoms with E-state index in [0.717, 1.165) is 13.1 Å². The van der Waals surface area contributed by atoms with Crippen molar-refractivity contribution in [2.45, 2.75) is 0 Å². The molecule has 0 saturated heterocycles. The highest BCUT2D eigenvalue weighted by Crippen LogP contribution is 2.33. The van der Waals surface area contributed by atoms with Gasteiger partial charge in [-0.25, -0.2) is 0 Å². The van der Waals surface area contributed by atoms with Crippen LogP contribution in [0.2, 0.25) is 0 Å². The van der Waals surface area contributed by atoms with Gasteiger partial charge < -0.3 is 4.90 Å². The zero-order valence-electron chi connectivity index (χ0n) is 7.66. The Balaban J connectivity index is 2.41. The van der Waals surface area contributed by atoms with E-state index >= 15 is 0 Å². The summed E-state index contributed by atoms with van der Waals surface area (Å²) in [6, 6.07) is 8.38. The molecule has 0 radical (unpaired) electrons. The maximum atomic E-state index is 4.05. The second kappa shape index (κ2) is 3.09. The number of para-hydroxylation sites is 1. The van der Waals surface area contributed by atoms with E-state index in [2.05, 4.69) is 42.3 Å². The largest absolute Gasteiger partial charge is 0.363 e. The smallest absolute Gasteiger partial charge is 0.0448 e. The molecule has 1 aromatic rings. The van der Waals surface area contributed by atoms with Gasteiger partial charge in [-0.05, 0) is 11.6 Å². The zero-order chi connectivity index (χ0) is 9.26. The average molecular weight is 171 g/mol. The van der Waals surface area contributed by atoms with E-state index in [1.165, 1.54) is 16.8 Å². The molecule has 1 aliphatic heterocycles. The first-order valence-electron chi connectivity index (χ1n) is 4.46. The molecule has 1 heterocycles. The number of benzene rings is 1. The van der Waals surface area contributed by atoms with Gasteiger partial charge in [0, 0.05) is 24.3 Å². The van der Waals surface area contributed by atoms with Gasteiger partial charge >= 0.3 is 0 Å². The maximum absolute atomic E-state index is 4.05. The number of nitrogens with zero attached hydrogens (tertiary/aromatic N) is 1. The summed E-state index contributed by atoms with van der Waals surface area (Å²) in [7, 11) is 0. The van der Waals surface area contributed by atoms with Crippen molar-refractivity contribution in [2.75, 3.05) is 18.0 Å². The molecule has 1 heteroatoms. The number of hydrogen-bond donors (Lipinski definition) is 0. The van der Waals surface area contributed by atoms with E-state index in [9.17, 15) is 0 Å². The molecule has 13 heavy (non-hydrogen) atoms. The quantitative estimate of drug-likeness (QED) is 0.618. The minimum Gasteiger partial charge on any atom is -0.363 e. The molecule has 0 saturated carbocycles. The third kappa shape index (κ3) is 1.26. The lowest BCUT2D eigenvalue weighted by atomic mass is 10.1. The van der Waals surface area contributed by atoms with Crippen molar-refractivity contribution in [1.82, 2.24) is 0 Å². The number of anilines is 1. The molecule has 1 aromatic carbocycles. The molecule has 0 aliphatic carbocycles. The van der Waals surface area contributed by atoms with Gasteiger partial charge in [0.2, 0.25) is 0 Å². The fourth-order valence-corrected chi connectivity index (χ4v) is 1.77. The van der Waals surface area contributed by atoms with Crippen LogP contribution >= 0.6 is 0 Å². The fraction of sp³-hybridized carbons (Fsp3) is 0.167. The molecule has 66 valence electrons. The molecular weight excluding hydrogens is 158 g/mol. The Morgan fingerprint density at radius 3 is 2.92 bits per heavy atom. The number of rotatable bonds is 2. The molecule has 0 N–H and O–H groups in total. The van der Waals surface area contributed by atoms with Crippen molar-refractivity contribution in [1.29, 1.82) is 0 Å². The lowest BCUT2D eigenvalue weighted by Crippen LogP contribution is -2.19. The van der Waals surface area contributed by atoms with Gasteiger partial charge in [0.25, 0.3) is 0 Å². The first-order chi connectivity index (χ1) is 6.33. The highest BCUT2D eigenvalue weighted by Gasteiger charge is 2.19. The molecule has 0 spiro atoms. The summed E-state index contributed by atoms with van der Waals surface area (Å²) >= 11 is 0. The first-order valence-corrected chi connectivity index (χ1v) is 4.46. The minimum atomic E-state index is 0.899. The summed E-state index contributed by atoms with van der Waals surface area (Å²) < 4.78 is 0. The van der Waals surface area contributed by atoms with Crippen LogP contribution in [-0.4, -0.2) is 13.1 Å². The van der Waals surface area contributed by atoms with Crippen LogP contribution in [0.4, 0.5) is 5.69 Å². The van der Waals surface area contributed by atoms with Crippen molar-refractivity contribution in [3.8, 4) is 0 Å². The van der Waals surface area contributed by atoms with Gasteiger partial charge in [0.1, 0.15) is 0 Å². The third-order valence-electron chi connectivity index (χ3n) is 2.36. The highest BCUT2D eigenvalue weighted by atomic mass is 15.1. The molecule has 0 bridgehead atoms. The predicted octanol–water partition coefficient (Wildman–Crippen LogP) is 2.71. The summed E-state index contributed by atoms with van der Waals surface area (Å²) in [5, 5.41) is 0. The van der Waals surface area contributed by atoms with Crippen LogP contribution in [0, 0.1) is 0 Å². The van der Waals surface area contributed by atoms with Crippen LogP contribution in [-0.2, 0) is 0 Å². The minimum absolute atomic E-state index is 0.899. The summed E-state index contributed by atoms with van der Waals surface area (Å²) in [5.41, 5.74) is 3.77. The topological polar surface area (TPSA) is 3.24 Å². The van der Waals surface area contributed by atoms with Gasteiger partial charge in [0.15, 0.2) is 0 Å². The molecule has 0 fully saturated rings. The average Bonchev–Trinajstić information content (AvgIpc) is 2.46. The lowest BCUT2D eigenvalue weighted by Gasteiger charge is -2.15. The fourth-order valence-electron chi connectivity index (χ4n) is 1.77. The van der Waals surface area contributed by atoms with E-state index in [4.69, 9.17) is 0 Å². The van der Waals surface area contributed by atoms with Gasteiger partial charge in [-0.3, -0.25) is 0 Å². The van der Waals surface area contributed by atoms with Crippen molar-refractivity contribution in [3.63, 3.8) is 0 Å². The molecular formula is C12H13N. The monoisotopic (exact) mass is 171 g/mol. The number of fused-ring (bicyclic) bond motifs is 1. The van der Waals surface area contributed by atoms with Crippen molar-refractivity contribution in [3.05, 3.63) is 49.1 Å². The van der Waals surface area contributed by atoms with Crippen LogP contribution < -0.4 is 4.90 Å². The second-order valence-electron chi connectivity index (χ2n) is 3.29. The Hall–Kier alpha value is -1.50. The van der Waals surface area contributed by atoms with E-state index < -0.39 is 0 Å². The molecule has 1 nitrogen and oxygen atoms in total. The number of hydrogen-bond acceptors (Lipinski definition) is 1. The summed E-state index contributed by atoms with van der Waals surface area (Å²) in [5.74, 6) is 0. The van der Waals surface area contributed by atoms with Gasteiger partial charge in [-0.15, -0.1) is 6.58 Å². The zero-order valence-corrected chi connectivity index (χ0v) is 7.66. The van der Waals surface area contributed by atoms with Gasteiger partial charge in [-0.1, -0.05) is 30.9 Å². The molecule has 0 aromatic heterocycles. The summed E-state index contributed by atoms with van der Waals surface area (Å²) in [4.78, 5) is 2.28. The standard InChI is InChI=1S/C12H13N/c1-3-8-13-9-10(2)11-6-4-5-7-12(11)13/h3-7H,1-2,8-9H2. The normalized spacial score (nSPS) is 14.5. The van der Waals surface area contributed by atoms with E-state index in [-0.39, 0.29) is 0 Å². The molecule has 0 amide bonds. The van der Waals surface area contributed by atoms with E-state index in [0.29, 0.717) is 0 Å². The highest BCUT2D eigenvalue weighted by molar-refractivity contribution is 5.84. The third-order valence-corrected chi connectivity index (χ3v) is 2.36. The Bertz CT molecular complexity index is 352. The second-order valence-corrected chi connectivity index (χ2v) is 3.29. The van der Waals surface area contributed by atoms with Crippen molar-refractivity contribution < 1.29 is 0 Å². The van der Waals surface area contributed by atoms with Gasteiger partial charge in [0.05, 0.1) is 0 Å². The Labute approximate surface area is 79.0 Å². The van der Waals surface area contributed by atoms with Crippen molar-refractivity contribution >= 4 is 11.3 Å². The van der Waals surface area contributed by atoms with E-state index in [1.54, 1.807) is 0 Å². The molecule has 0 atom stereocenters. The Morgan fingerprint density at radius 1 is 1.38 bits per heavy atom. The van der Waals surface area contributed by atoms with E-state index in [1.807, 2.05) is 6.08 Å². The van der Waals surface area contributed by atoms with Crippen LogP contribution in [0.1, 0.15) is 5.56 Å². The SMILES string of the molecule is C=CCN1CC(=C)c2ccccc21. The maximum Gasteiger partial charge on any atom is 0.0448 e. The molecule has 1 aliphatic rings. The molecule has 2 rings (SSSR count). The lowest BCUT2D eigenvalue weighted by molar-refractivity contribution is 0.998. The Morgan fingerprint density at radius 2 is 2.15 bits per heavy atom. The predicted molar refractivity (Wildman–Crippen MR) is 57.9 cm³/mol. The Kier molecular flexibility index (Phi) is 1.93. The summed E-state index contributed by atoms with van der Waals surface area (Å²) in [6.07, 6.45) is 1.93. The van der Waals surface area contributed by atoms with Crippen LogP contribution in [0.25, 0.3) is 5.57 Å². The summed E-state index contributed by atoms with van der Waals surface area (Å²) in [6.45, 7) is 9.64. The van der Waals surface area contributed by atoms with Crippen molar-refractivity contribution in [2.24, 2.45) is 0 Å². The van der Waals surface area contributed by atoms with Crippen LogP contribution in [0.15, 0.2) is 43.5 Å². The molecule has 0 unspecified atom stereocenters.